The first-order chi connectivity index (χ1) is 7.40. The van der Waals surface area contributed by atoms with Crippen LogP contribution < -0.4 is 5.32 Å². The molecule has 0 aliphatic carbocycles. The minimum Gasteiger partial charge on any atom is -0.306 e. The van der Waals surface area contributed by atoms with Crippen molar-refractivity contribution in [3.8, 4) is 0 Å². The first-order valence-electron chi connectivity index (χ1n) is 6.04. The van der Waals surface area contributed by atoms with Crippen molar-refractivity contribution in [3.63, 3.8) is 0 Å². The minimum atomic E-state index is 0.125. The second-order valence-electron chi connectivity index (χ2n) is 5.55. The molecule has 0 fully saturated rings. The van der Waals surface area contributed by atoms with Gasteiger partial charge >= 0.3 is 0 Å². The molecule has 1 atom stereocenters. The third-order valence-electron chi connectivity index (χ3n) is 2.58. The Balaban J connectivity index is 2.45. The predicted molar refractivity (Wildman–Crippen MR) is 66.1 cm³/mol. The molecule has 0 bridgehead atoms. The van der Waals surface area contributed by atoms with Gasteiger partial charge in [-0.3, -0.25) is 4.68 Å². The van der Waals surface area contributed by atoms with Crippen molar-refractivity contribution in [2.45, 2.75) is 59.7 Å². The largest absolute Gasteiger partial charge is 0.306 e. The highest BCUT2D eigenvalue weighted by Crippen LogP contribution is 2.05. The molecular formula is C12H24N4. The summed E-state index contributed by atoms with van der Waals surface area (Å²) in [6.45, 7) is 12.6. The molecule has 1 N–H and O–H groups in total. The van der Waals surface area contributed by atoms with Crippen molar-refractivity contribution >= 4 is 0 Å². The molecule has 0 amide bonds. The number of hydrogen-bond acceptors (Lipinski definition) is 3. The lowest BCUT2D eigenvalue weighted by atomic mass is 10.1. The van der Waals surface area contributed by atoms with E-state index in [0.717, 1.165) is 18.8 Å². The maximum absolute atomic E-state index is 4.16. The Hall–Kier alpha value is -0.900. The first kappa shape index (κ1) is 13.2. The molecule has 1 unspecified atom stereocenters. The SMILES string of the molecule is CCC(C)Cn1cc(CNC(C)(C)C)nn1. The average molecular weight is 224 g/mol. The molecule has 4 heteroatoms. The fraction of sp³-hybridized carbons (Fsp3) is 0.833. The molecule has 0 radical (unpaired) electrons. The van der Waals surface area contributed by atoms with Gasteiger partial charge in [0.05, 0.1) is 5.69 Å². The lowest BCUT2D eigenvalue weighted by Gasteiger charge is -2.19. The lowest BCUT2D eigenvalue weighted by molar-refractivity contribution is 0.421. The van der Waals surface area contributed by atoms with Crippen molar-refractivity contribution in [1.82, 2.24) is 20.3 Å². The van der Waals surface area contributed by atoms with E-state index in [1.807, 2.05) is 10.9 Å². The standard InChI is InChI=1S/C12H24N4/c1-6-10(2)8-16-9-11(14-15-16)7-13-12(3,4)5/h9-10,13H,6-8H2,1-5H3. The van der Waals surface area contributed by atoms with E-state index >= 15 is 0 Å². The van der Waals surface area contributed by atoms with Gasteiger partial charge in [-0.2, -0.15) is 0 Å². The van der Waals surface area contributed by atoms with Gasteiger partial charge in [-0.15, -0.1) is 5.10 Å². The van der Waals surface area contributed by atoms with Crippen LogP contribution in [0.25, 0.3) is 0 Å². The topological polar surface area (TPSA) is 42.7 Å². The smallest absolute Gasteiger partial charge is 0.0965 e. The number of nitrogens with zero attached hydrogens (tertiary/aromatic N) is 3. The predicted octanol–water partition coefficient (Wildman–Crippen LogP) is 2.21. The third kappa shape index (κ3) is 4.75. The summed E-state index contributed by atoms with van der Waals surface area (Å²) in [5.41, 5.74) is 1.14. The van der Waals surface area contributed by atoms with Crippen LogP contribution in [-0.2, 0) is 13.1 Å². The second-order valence-corrected chi connectivity index (χ2v) is 5.55. The van der Waals surface area contributed by atoms with Crippen LogP contribution in [-0.4, -0.2) is 20.5 Å². The summed E-state index contributed by atoms with van der Waals surface area (Å²) in [4.78, 5) is 0. The fourth-order valence-electron chi connectivity index (χ4n) is 1.31. The molecule has 0 saturated heterocycles. The quantitative estimate of drug-likeness (QED) is 0.834. The molecule has 1 aromatic heterocycles. The second kappa shape index (κ2) is 5.43. The van der Waals surface area contributed by atoms with Gasteiger partial charge < -0.3 is 5.32 Å². The van der Waals surface area contributed by atoms with Crippen LogP contribution in [0, 0.1) is 5.92 Å². The Bertz CT molecular complexity index is 311. The maximum Gasteiger partial charge on any atom is 0.0965 e. The molecule has 0 aliphatic heterocycles. The van der Waals surface area contributed by atoms with Crippen molar-refractivity contribution in [2.24, 2.45) is 5.92 Å². The first-order valence-corrected chi connectivity index (χ1v) is 6.04. The molecule has 0 saturated carbocycles. The van der Waals surface area contributed by atoms with E-state index < -0.39 is 0 Å². The highest BCUT2D eigenvalue weighted by molar-refractivity contribution is 4.93. The minimum absolute atomic E-state index is 0.125. The van der Waals surface area contributed by atoms with Gasteiger partial charge in [-0.25, -0.2) is 0 Å². The number of nitrogens with one attached hydrogen (secondary N) is 1. The maximum atomic E-state index is 4.16. The summed E-state index contributed by atoms with van der Waals surface area (Å²) < 4.78 is 1.94. The molecule has 0 aromatic carbocycles. The normalized spacial score (nSPS) is 14.1. The highest BCUT2D eigenvalue weighted by atomic mass is 15.4. The van der Waals surface area contributed by atoms with Gasteiger partial charge in [0.15, 0.2) is 0 Å². The fourth-order valence-corrected chi connectivity index (χ4v) is 1.31. The summed E-state index contributed by atoms with van der Waals surface area (Å²) in [5.74, 6) is 0.658. The van der Waals surface area contributed by atoms with Gasteiger partial charge in [-0.05, 0) is 26.7 Å². The van der Waals surface area contributed by atoms with Crippen LogP contribution in [0.1, 0.15) is 46.7 Å². The average Bonchev–Trinajstić information content (AvgIpc) is 2.61. The molecule has 1 heterocycles. The lowest BCUT2D eigenvalue weighted by Crippen LogP contribution is -2.35. The Morgan fingerprint density at radius 1 is 1.44 bits per heavy atom. The van der Waals surface area contributed by atoms with E-state index in [2.05, 4.69) is 50.2 Å². The molecule has 4 nitrogen and oxygen atoms in total. The van der Waals surface area contributed by atoms with Crippen molar-refractivity contribution in [2.75, 3.05) is 0 Å². The molecule has 1 rings (SSSR count). The van der Waals surface area contributed by atoms with Crippen molar-refractivity contribution < 1.29 is 0 Å². The Morgan fingerprint density at radius 3 is 2.69 bits per heavy atom. The highest BCUT2D eigenvalue weighted by Gasteiger charge is 2.10. The summed E-state index contributed by atoms with van der Waals surface area (Å²) in [6, 6.07) is 0. The zero-order valence-electron chi connectivity index (χ0n) is 11.1. The van der Waals surface area contributed by atoms with Crippen LogP contribution in [0.15, 0.2) is 6.20 Å². The summed E-state index contributed by atoms with van der Waals surface area (Å²) in [7, 11) is 0. The van der Waals surface area contributed by atoms with E-state index in [-0.39, 0.29) is 5.54 Å². The van der Waals surface area contributed by atoms with Crippen LogP contribution in [0.4, 0.5) is 0 Å². The monoisotopic (exact) mass is 224 g/mol. The summed E-state index contributed by atoms with van der Waals surface area (Å²) >= 11 is 0. The summed E-state index contributed by atoms with van der Waals surface area (Å²) in [5, 5.41) is 11.7. The number of aromatic nitrogens is 3. The zero-order chi connectivity index (χ0) is 12.2. The van der Waals surface area contributed by atoms with Gasteiger partial charge in [0.2, 0.25) is 0 Å². The van der Waals surface area contributed by atoms with Gasteiger partial charge in [-0.1, -0.05) is 25.5 Å². The molecule has 1 aromatic rings. The Morgan fingerprint density at radius 2 is 2.12 bits per heavy atom. The van der Waals surface area contributed by atoms with Crippen LogP contribution >= 0.6 is 0 Å². The number of hydrogen-bond donors (Lipinski definition) is 1. The zero-order valence-corrected chi connectivity index (χ0v) is 11.1. The van der Waals surface area contributed by atoms with Crippen LogP contribution in [0.2, 0.25) is 0 Å². The van der Waals surface area contributed by atoms with E-state index in [1.54, 1.807) is 0 Å². The number of rotatable bonds is 5. The van der Waals surface area contributed by atoms with Gasteiger partial charge in [0.1, 0.15) is 0 Å². The van der Waals surface area contributed by atoms with Gasteiger partial charge in [0.25, 0.3) is 0 Å². The Kier molecular flexibility index (Phi) is 4.47. The van der Waals surface area contributed by atoms with Crippen molar-refractivity contribution in [1.29, 1.82) is 0 Å². The van der Waals surface area contributed by atoms with Crippen LogP contribution in [0.5, 0.6) is 0 Å². The molecule has 92 valence electrons. The van der Waals surface area contributed by atoms with Crippen molar-refractivity contribution in [3.05, 3.63) is 11.9 Å². The molecule has 16 heavy (non-hydrogen) atoms. The third-order valence-corrected chi connectivity index (χ3v) is 2.58. The Labute approximate surface area is 98.4 Å². The molecule has 0 aliphatic rings. The van der Waals surface area contributed by atoms with E-state index in [4.69, 9.17) is 0 Å². The molecule has 0 spiro atoms. The summed E-state index contributed by atoms with van der Waals surface area (Å²) in [6.07, 6.45) is 3.21. The van der Waals surface area contributed by atoms with E-state index in [9.17, 15) is 0 Å². The van der Waals surface area contributed by atoms with Crippen LogP contribution in [0.3, 0.4) is 0 Å². The van der Waals surface area contributed by atoms with E-state index in [0.29, 0.717) is 5.92 Å². The van der Waals surface area contributed by atoms with E-state index in [1.165, 1.54) is 6.42 Å². The van der Waals surface area contributed by atoms with Gasteiger partial charge in [0, 0.05) is 24.8 Å². The molecular weight excluding hydrogens is 200 g/mol.